The van der Waals surface area contributed by atoms with Crippen LogP contribution >= 0.6 is 11.6 Å². The van der Waals surface area contributed by atoms with E-state index in [0.29, 0.717) is 16.1 Å². The highest BCUT2D eigenvalue weighted by molar-refractivity contribution is 6.34. The van der Waals surface area contributed by atoms with Gasteiger partial charge in [-0.25, -0.2) is 8.78 Å². The molecule has 0 aliphatic heterocycles. The normalized spacial score (nSPS) is 10.4. The zero-order chi connectivity index (χ0) is 13.1. The molecule has 92 valence electrons. The maximum absolute atomic E-state index is 13.0. The van der Waals surface area contributed by atoms with Gasteiger partial charge in [-0.1, -0.05) is 29.8 Å². The van der Waals surface area contributed by atoms with Crippen molar-refractivity contribution < 1.29 is 13.6 Å². The molecule has 0 fully saturated rings. The number of ketones is 1. The Morgan fingerprint density at radius 2 is 1.78 bits per heavy atom. The first kappa shape index (κ1) is 12.7. The van der Waals surface area contributed by atoms with Crippen molar-refractivity contribution in [2.24, 2.45) is 0 Å². The first-order valence-electron chi connectivity index (χ1n) is 5.29. The van der Waals surface area contributed by atoms with Crippen LogP contribution in [-0.2, 0) is 6.42 Å². The quantitative estimate of drug-likeness (QED) is 0.766. The molecule has 0 saturated carbocycles. The minimum absolute atomic E-state index is 0.0130. The Hall–Kier alpha value is -1.74. The van der Waals surface area contributed by atoms with Gasteiger partial charge in [0.1, 0.15) is 0 Å². The highest BCUT2D eigenvalue weighted by Crippen LogP contribution is 2.18. The van der Waals surface area contributed by atoms with Crippen molar-refractivity contribution in [2.45, 2.75) is 6.42 Å². The van der Waals surface area contributed by atoms with E-state index in [1.807, 2.05) is 0 Å². The summed E-state index contributed by atoms with van der Waals surface area (Å²) in [6, 6.07) is 10.0. The molecule has 18 heavy (non-hydrogen) atoms. The summed E-state index contributed by atoms with van der Waals surface area (Å²) in [6.07, 6.45) is -0.0130. The molecule has 2 aromatic rings. The SMILES string of the molecule is O=C(Cc1ccc(F)c(F)c1)c1ccccc1Cl. The van der Waals surface area contributed by atoms with Gasteiger partial charge in [-0.2, -0.15) is 0 Å². The third-order valence-electron chi connectivity index (χ3n) is 2.52. The molecule has 0 saturated heterocycles. The van der Waals surface area contributed by atoms with Gasteiger partial charge in [0.05, 0.1) is 5.02 Å². The number of halogens is 3. The minimum atomic E-state index is -0.959. The molecule has 0 spiro atoms. The Bertz CT molecular complexity index is 596. The fraction of sp³-hybridized carbons (Fsp3) is 0.0714. The van der Waals surface area contributed by atoms with Crippen LogP contribution in [0.15, 0.2) is 42.5 Å². The van der Waals surface area contributed by atoms with Gasteiger partial charge in [0.25, 0.3) is 0 Å². The summed E-state index contributed by atoms with van der Waals surface area (Å²) >= 11 is 5.89. The summed E-state index contributed by atoms with van der Waals surface area (Å²) in [5, 5.41) is 0.352. The number of carbonyl (C=O) groups excluding carboxylic acids is 1. The largest absolute Gasteiger partial charge is 0.294 e. The maximum Gasteiger partial charge on any atom is 0.168 e. The van der Waals surface area contributed by atoms with Crippen LogP contribution in [0.4, 0.5) is 8.78 Å². The zero-order valence-corrected chi connectivity index (χ0v) is 10.0. The standard InChI is InChI=1S/C14H9ClF2O/c15-11-4-2-1-3-10(11)14(18)8-9-5-6-12(16)13(17)7-9/h1-7H,8H2. The molecule has 0 aromatic heterocycles. The van der Waals surface area contributed by atoms with Crippen molar-refractivity contribution in [3.05, 3.63) is 70.2 Å². The average Bonchev–Trinajstić information content (AvgIpc) is 2.34. The summed E-state index contributed by atoms with van der Waals surface area (Å²) in [7, 11) is 0. The van der Waals surface area contributed by atoms with Crippen LogP contribution in [0.1, 0.15) is 15.9 Å². The second kappa shape index (κ2) is 5.27. The fourth-order valence-electron chi connectivity index (χ4n) is 1.62. The second-order valence-electron chi connectivity index (χ2n) is 3.83. The molecule has 0 amide bonds. The highest BCUT2D eigenvalue weighted by atomic mass is 35.5. The lowest BCUT2D eigenvalue weighted by molar-refractivity contribution is 0.0993. The smallest absolute Gasteiger partial charge is 0.168 e. The first-order valence-corrected chi connectivity index (χ1v) is 5.67. The highest BCUT2D eigenvalue weighted by Gasteiger charge is 2.11. The van der Waals surface area contributed by atoms with Gasteiger partial charge in [0.2, 0.25) is 0 Å². The molecule has 0 aliphatic carbocycles. The molecule has 1 nitrogen and oxygen atoms in total. The van der Waals surface area contributed by atoms with Gasteiger partial charge < -0.3 is 0 Å². The van der Waals surface area contributed by atoms with Crippen LogP contribution in [0.5, 0.6) is 0 Å². The van der Waals surface area contributed by atoms with Gasteiger partial charge >= 0.3 is 0 Å². The number of hydrogen-bond acceptors (Lipinski definition) is 1. The molecule has 0 N–H and O–H groups in total. The van der Waals surface area contributed by atoms with Crippen molar-refractivity contribution in [1.82, 2.24) is 0 Å². The number of benzene rings is 2. The van der Waals surface area contributed by atoms with E-state index in [1.54, 1.807) is 24.3 Å². The lowest BCUT2D eigenvalue weighted by atomic mass is 10.0. The Morgan fingerprint density at radius 3 is 2.44 bits per heavy atom. The van der Waals surface area contributed by atoms with E-state index in [4.69, 9.17) is 11.6 Å². The van der Waals surface area contributed by atoms with Gasteiger partial charge in [0.15, 0.2) is 17.4 Å². The Morgan fingerprint density at radius 1 is 1.06 bits per heavy atom. The Kier molecular flexibility index (Phi) is 3.72. The zero-order valence-electron chi connectivity index (χ0n) is 9.29. The summed E-state index contributed by atoms with van der Waals surface area (Å²) in [4.78, 5) is 11.9. The van der Waals surface area contributed by atoms with E-state index in [2.05, 4.69) is 0 Å². The van der Waals surface area contributed by atoms with Crippen molar-refractivity contribution in [1.29, 1.82) is 0 Å². The number of hydrogen-bond donors (Lipinski definition) is 0. The molecule has 0 heterocycles. The van der Waals surface area contributed by atoms with Crippen molar-refractivity contribution >= 4 is 17.4 Å². The molecular weight excluding hydrogens is 258 g/mol. The van der Waals surface area contributed by atoms with E-state index in [9.17, 15) is 13.6 Å². The van der Waals surface area contributed by atoms with Gasteiger partial charge in [-0.05, 0) is 29.8 Å². The van der Waals surface area contributed by atoms with Crippen molar-refractivity contribution in [3.8, 4) is 0 Å². The van der Waals surface area contributed by atoms with E-state index < -0.39 is 11.6 Å². The topological polar surface area (TPSA) is 17.1 Å². The van der Waals surface area contributed by atoms with Crippen LogP contribution in [-0.4, -0.2) is 5.78 Å². The van der Waals surface area contributed by atoms with E-state index in [0.717, 1.165) is 12.1 Å². The Labute approximate surface area is 108 Å². The molecule has 0 unspecified atom stereocenters. The van der Waals surface area contributed by atoms with Gasteiger partial charge in [-0.15, -0.1) is 0 Å². The molecule has 0 bridgehead atoms. The van der Waals surface area contributed by atoms with Crippen LogP contribution in [0.3, 0.4) is 0 Å². The molecule has 0 aliphatic rings. The van der Waals surface area contributed by atoms with Crippen LogP contribution in [0.2, 0.25) is 5.02 Å². The second-order valence-corrected chi connectivity index (χ2v) is 4.24. The van der Waals surface area contributed by atoms with E-state index in [1.165, 1.54) is 6.07 Å². The third kappa shape index (κ3) is 2.74. The summed E-state index contributed by atoms with van der Waals surface area (Å²) in [5.74, 6) is -2.12. The van der Waals surface area contributed by atoms with Gasteiger partial charge in [-0.3, -0.25) is 4.79 Å². The maximum atomic E-state index is 13.0. The minimum Gasteiger partial charge on any atom is -0.294 e. The molecule has 2 rings (SSSR count). The predicted octanol–water partition coefficient (Wildman–Crippen LogP) is 4.04. The monoisotopic (exact) mass is 266 g/mol. The lowest BCUT2D eigenvalue weighted by Crippen LogP contribution is -2.04. The number of rotatable bonds is 3. The van der Waals surface area contributed by atoms with Crippen LogP contribution in [0.25, 0.3) is 0 Å². The van der Waals surface area contributed by atoms with Crippen molar-refractivity contribution in [3.63, 3.8) is 0 Å². The lowest BCUT2D eigenvalue weighted by Gasteiger charge is -2.04. The number of carbonyl (C=O) groups is 1. The Balaban J connectivity index is 2.22. The molecule has 0 radical (unpaired) electrons. The van der Waals surface area contributed by atoms with E-state index >= 15 is 0 Å². The molecule has 0 atom stereocenters. The number of Topliss-reactive ketones (excluding diaryl/α,β-unsaturated/α-hetero) is 1. The van der Waals surface area contributed by atoms with Gasteiger partial charge in [0, 0.05) is 12.0 Å². The summed E-state index contributed by atoms with van der Waals surface area (Å²) < 4.78 is 25.7. The summed E-state index contributed by atoms with van der Waals surface area (Å²) in [5.41, 5.74) is 0.794. The average molecular weight is 267 g/mol. The molecule has 2 aromatic carbocycles. The fourth-order valence-corrected chi connectivity index (χ4v) is 1.86. The predicted molar refractivity (Wildman–Crippen MR) is 65.8 cm³/mol. The first-order chi connectivity index (χ1) is 8.58. The van der Waals surface area contributed by atoms with Crippen molar-refractivity contribution in [2.75, 3.05) is 0 Å². The molecular formula is C14H9ClF2O. The summed E-state index contributed by atoms with van der Waals surface area (Å²) in [6.45, 7) is 0. The van der Waals surface area contributed by atoms with Crippen LogP contribution < -0.4 is 0 Å². The van der Waals surface area contributed by atoms with Crippen LogP contribution in [0, 0.1) is 11.6 Å². The molecule has 4 heteroatoms. The van der Waals surface area contributed by atoms with E-state index in [-0.39, 0.29) is 12.2 Å². The third-order valence-corrected chi connectivity index (χ3v) is 2.85.